The fourth-order valence-electron chi connectivity index (χ4n) is 5.94. The molecule has 1 saturated carbocycles. The zero-order valence-corrected chi connectivity index (χ0v) is 14.8. The Kier molecular flexibility index (Phi) is 3.46. The van der Waals surface area contributed by atoms with Gasteiger partial charge in [0.1, 0.15) is 11.3 Å². The van der Waals surface area contributed by atoms with Crippen LogP contribution in [0.25, 0.3) is 11.0 Å². The van der Waals surface area contributed by atoms with Crippen LogP contribution in [0.5, 0.6) is 0 Å². The Morgan fingerprint density at radius 2 is 2.24 bits per heavy atom. The van der Waals surface area contributed by atoms with Crippen molar-refractivity contribution in [3.63, 3.8) is 0 Å². The van der Waals surface area contributed by atoms with E-state index in [1.807, 2.05) is 12.1 Å². The van der Waals surface area contributed by atoms with Crippen LogP contribution < -0.4 is 5.73 Å². The van der Waals surface area contributed by atoms with Gasteiger partial charge in [-0.25, -0.2) is 0 Å². The molecule has 1 amide bonds. The van der Waals surface area contributed by atoms with Crippen molar-refractivity contribution in [2.24, 2.45) is 17.6 Å². The van der Waals surface area contributed by atoms with Crippen LogP contribution in [0.2, 0.25) is 0 Å². The molecule has 3 fully saturated rings. The first-order chi connectivity index (χ1) is 12.2. The first kappa shape index (κ1) is 15.4. The number of carbonyl (C=O) groups excluding carboxylic acids is 1. The molecule has 1 aromatic heterocycles. The van der Waals surface area contributed by atoms with Crippen molar-refractivity contribution < 1.29 is 9.21 Å². The third kappa shape index (κ3) is 2.27. The predicted octanol–water partition coefficient (Wildman–Crippen LogP) is 3.68. The molecule has 25 heavy (non-hydrogen) atoms. The molecule has 4 bridgehead atoms. The standard InChI is InChI=1S/C21H26N2O2/c1-2-3-13-8-12-9-17-19(13)23(11-12)7-6-15-16-10-14(21(22)24)4-5-18(16)25-20(15)17/h4-5,10,12-13,17,19H,2-3,6-9,11H2,1H3,(H2,22,24)/t12-,13?,17+,19?/m0/s1. The van der Waals surface area contributed by atoms with Crippen molar-refractivity contribution >= 4 is 16.9 Å². The van der Waals surface area contributed by atoms with Crippen LogP contribution in [-0.2, 0) is 6.42 Å². The molecule has 5 atom stereocenters. The molecule has 0 radical (unpaired) electrons. The van der Waals surface area contributed by atoms with E-state index in [0.717, 1.165) is 35.8 Å². The first-order valence-corrected chi connectivity index (χ1v) is 9.75. The molecule has 0 spiro atoms. The number of nitrogens with zero attached hydrogens (tertiary/aromatic N) is 1. The minimum Gasteiger partial charge on any atom is -0.460 e. The van der Waals surface area contributed by atoms with E-state index < -0.39 is 0 Å². The second kappa shape index (κ2) is 5.60. The Bertz CT molecular complexity index is 840. The van der Waals surface area contributed by atoms with E-state index in [4.69, 9.17) is 10.2 Å². The zero-order chi connectivity index (χ0) is 17.1. The van der Waals surface area contributed by atoms with Gasteiger partial charge in [-0.2, -0.15) is 0 Å². The average Bonchev–Trinajstić information content (AvgIpc) is 2.92. The lowest BCUT2D eigenvalue weighted by molar-refractivity contribution is -0.0188. The van der Waals surface area contributed by atoms with Gasteiger partial charge in [-0.15, -0.1) is 0 Å². The van der Waals surface area contributed by atoms with Crippen molar-refractivity contribution in [2.75, 3.05) is 13.1 Å². The lowest BCUT2D eigenvalue weighted by Gasteiger charge is -2.53. The van der Waals surface area contributed by atoms with Crippen molar-refractivity contribution in [1.82, 2.24) is 4.90 Å². The van der Waals surface area contributed by atoms with Crippen molar-refractivity contribution in [2.45, 2.75) is 51.0 Å². The van der Waals surface area contributed by atoms with Gasteiger partial charge in [0, 0.05) is 41.6 Å². The van der Waals surface area contributed by atoms with Gasteiger partial charge in [-0.05, 0) is 55.7 Å². The van der Waals surface area contributed by atoms with E-state index in [1.54, 1.807) is 6.07 Å². The summed E-state index contributed by atoms with van der Waals surface area (Å²) in [4.78, 5) is 14.3. The summed E-state index contributed by atoms with van der Waals surface area (Å²) >= 11 is 0. The van der Waals surface area contributed by atoms with Gasteiger partial charge in [0.15, 0.2) is 0 Å². The number of benzene rings is 1. The quantitative estimate of drug-likeness (QED) is 0.928. The summed E-state index contributed by atoms with van der Waals surface area (Å²) in [5.74, 6) is 2.98. The summed E-state index contributed by atoms with van der Waals surface area (Å²) < 4.78 is 6.39. The lowest BCUT2D eigenvalue weighted by atomic mass is 9.65. The molecule has 3 aliphatic heterocycles. The summed E-state index contributed by atoms with van der Waals surface area (Å²) in [6.45, 7) is 4.68. The highest BCUT2D eigenvalue weighted by Gasteiger charge is 2.49. The minimum atomic E-state index is -0.366. The summed E-state index contributed by atoms with van der Waals surface area (Å²) in [5.41, 5.74) is 8.31. The maximum Gasteiger partial charge on any atom is 0.248 e. The number of primary amides is 1. The van der Waals surface area contributed by atoms with E-state index in [-0.39, 0.29) is 5.91 Å². The molecule has 1 aliphatic carbocycles. The lowest BCUT2D eigenvalue weighted by Crippen LogP contribution is -2.56. The number of carbonyl (C=O) groups is 1. The second-order valence-corrected chi connectivity index (χ2v) is 8.25. The maximum absolute atomic E-state index is 11.6. The molecule has 4 heterocycles. The Hall–Kier alpha value is -1.81. The van der Waals surface area contributed by atoms with Gasteiger partial charge >= 0.3 is 0 Å². The van der Waals surface area contributed by atoms with E-state index in [1.165, 1.54) is 43.6 Å². The van der Waals surface area contributed by atoms with E-state index in [0.29, 0.717) is 17.5 Å². The summed E-state index contributed by atoms with van der Waals surface area (Å²) in [6.07, 6.45) is 6.27. The number of nitrogens with two attached hydrogens (primary N) is 1. The monoisotopic (exact) mass is 338 g/mol. The fourth-order valence-corrected chi connectivity index (χ4v) is 5.94. The Morgan fingerprint density at radius 3 is 3.04 bits per heavy atom. The number of amides is 1. The molecule has 132 valence electrons. The maximum atomic E-state index is 11.6. The highest BCUT2D eigenvalue weighted by molar-refractivity contribution is 5.97. The highest BCUT2D eigenvalue weighted by Crippen LogP contribution is 2.52. The first-order valence-electron chi connectivity index (χ1n) is 9.75. The van der Waals surface area contributed by atoms with Gasteiger partial charge in [0.05, 0.1) is 0 Å². The summed E-state index contributed by atoms with van der Waals surface area (Å²) in [5, 5.41) is 1.10. The van der Waals surface area contributed by atoms with Crippen molar-refractivity contribution in [1.29, 1.82) is 0 Å². The van der Waals surface area contributed by atoms with Crippen LogP contribution in [0.4, 0.5) is 0 Å². The van der Waals surface area contributed by atoms with Crippen molar-refractivity contribution in [3.8, 4) is 0 Å². The van der Waals surface area contributed by atoms with Crippen LogP contribution in [-0.4, -0.2) is 29.9 Å². The van der Waals surface area contributed by atoms with E-state index >= 15 is 0 Å². The molecule has 4 heteroatoms. The molecule has 2 N–H and O–H groups in total. The van der Waals surface area contributed by atoms with Gasteiger partial charge in [-0.1, -0.05) is 13.3 Å². The largest absolute Gasteiger partial charge is 0.460 e. The number of rotatable bonds is 3. The zero-order valence-electron chi connectivity index (χ0n) is 14.8. The second-order valence-electron chi connectivity index (χ2n) is 8.25. The number of piperidine rings is 2. The van der Waals surface area contributed by atoms with Gasteiger partial charge in [-0.3, -0.25) is 9.69 Å². The smallest absolute Gasteiger partial charge is 0.248 e. The van der Waals surface area contributed by atoms with Crippen LogP contribution in [0.15, 0.2) is 22.6 Å². The molecule has 3 unspecified atom stereocenters. The summed E-state index contributed by atoms with van der Waals surface area (Å²) in [7, 11) is 0. The highest BCUT2D eigenvalue weighted by atomic mass is 16.3. The van der Waals surface area contributed by atoms with Gasteiger partial charge in [0.25, 0.3) is 0 Å². The fraction of sp³-hybridized carbons (Fsp3) is 0.571. The Balaban J connectivity index is 1.63. The molecule has 4 nitrogen and oxygen atoms in total. The van der Waals surface area contributed by atoms with Crippen LogP contribution in [0, 0.1) is 11.8 Å². The Labute approximate surface area is 148 Å². The van der Waals surface area contributed by atoms with Crippen molar-refractivity contribution in [3.05, 3.63) is 35.1 Å². The van der Waals surface area contributed by atoms with Crippen LogP contribution in [0.3, 0.4) is 0 Å². The third-order valence-electron chi connectivity index (χ3n) is 6.78. The third-order valence-corrected chi connectivity index (χ3v) is 6.78. The number of fused-ring (bicyclic) bond motifs is 4. The molecular formula is C21H26N2O2. The minimum absolute atomic E-state index is 0.366. The molecule has 6 rings (SSSR count). The van der Waals surface area contributed by atoms with Crippen LogP contribution >= 0.6 is 0 Å². The number of hydrogen-bond donors (Lipinski definition) is 1. The molecular weight excluding hydrogens is 312 g/mol. The Morgan fingerprint density at radius 1 is 1.36 bits per heavy atom. The molecule has 2 aromatic rings. The normalized spacial score (nSPS) is 33.2. The molecule has 1 aromatic carbocycles. The number of hydrogen-bond acceptors (Lipinski definition) is 3. The molecule has 2 saturated heterocycles. The van der Waals surface area contributed by atoms with E-state index in [9.17, 15) is 4.79 Å². The van der Waals surface area contributed by atoms with Gasteiger partial charge in [0.2, 0.25) is 5.91 Å². The van der Waals surface area contributed by atoms with Gasteiger partial charge < -0.3 is 10.2 Å². The predicted molar refractivity (Wildman–Crippen MR) is 97.7 cm³/mol. The molecule has 4 aliphatic rings. The topological polar surface area (TPSA) is 59.5 Å². The summed E-state index contributed by atoms with van der Waals surface area (Å²) in [6, 6.07) is 6.29. The number of furan rings is 1. The SMILES string of the molecule is CCCC1C[C@H]2C[C@H]3c4oc5ccc(C(N)=O)cc5c4CCN(C2)C13. The average molecular weight is 338 g/mol. The van der Waals surface area contributed by atoms with E-state index in [2.05, 4.69) is 11.8 Å². The van der Waals surface area contributed by atoms with Crippen LogP contribution in [0.1, 0.15) is 60.2 Å².